The molecule has 0 unspecified atom stereocenters. The molecule has 0 aliphatic rings. The fourth-order valence-corrected chi connectivity index (χ4v) is 5.20. The molecule has 0 spiro atoms. The summed E-state index contributed by atoms with van der Waals surface area (Å²) in [6, 6.07) is 24.2. The van der Waals surface area contributed by atoms with Gasteiger partial charge < -0.3 is 4.98 Å². The van der Waals surface area contributed by atoms with E-state index in [9.17, 15) is 0 Å². The maximum Gasteiger partial charge on any atom is 0.173 e. The Balaban J connectivity index is 1.56. The second-order valence-electron chi connectivity index (χ2n) is 7.59. The summed E-state index contributed by atoms with van der Waals surface area (Å²) >= 11 is 7.28. The molecule has 162 valence electrons. The summed E-state index contributed by atoms with van der Waals surface area (Å²) in [6.07, 6.45) is 3.72. The number of aryl methyl sites for hydroxylation is 1. The van der Waals surface area contributed by atoms with Gasteiger partial charge in [0, 0.05) is 37.0 Å². The first-order valence-corrected chi connectivity index (χ1v) is 11.9. The van der Waals surface area contributed by atoms with Crippen LogP contribution in [0.15, 0.2) is 98.0 Å². The van der Waals surface area contributed by atoms with Crippen molar-refractivity contribution in [2.24, 2.45) is 10.1 Å². The molecular formula is C26H19Br2N5. The minimum Gasteiger partial charge on any atom is -0.361 e. The number of pyridine rings is 1. The van der Waals surface area contributed by atoms with Crippen molar-refractivity contribution in [2.45, 2.75) is 6.92 Å². The molecule has 5 nitrogen and oxygen atoms in total. The number of halogens is 2. The summed E-state index contributed by atoms with van der Waals surface area (Å²) in [5.74, 6) is 0.544. The van der Waals surface area contributed by atoms with Gasteiger partial charge in [-0.3, -0.25) is 5.43 Å². The van der Waals surface area contributed by atoms with Gasteiger partial charge in [0.25, 0.3) is 0 Å². The summed E-state index contributed by atoms with van der Waals surface area (Å²) in [4.78, 5) is 13.0. The molecule has 3 aromatic carbocycles. The Hall–Kier alpha value is -3.29. The third kappa shape index (κ3) is 4.60. The Morgan fingerprint density at radius 2 is 1.73 bits per heavy atom. The van der Waals surface area contributed by atoms with E-state index in [1.54, 1.807) is 6.21 Å². The minimum absolute atomic E-state index is 0.544. The van der Waals surface area contributed by atoms with E-state index in [-0.39, 0.29) is 0 Å². The molecule has 2 aromatic heterocycles. The molecule has 33 heavy (non-hydrogen) atoms. The zero-order valence-electron chi connectivity index (χ0n) is 17.7. The quantitative estimate of drug-likeness (QED) is 0.138. The molecule has 0 fully saturated rings. The molecule has 2 N–H and O–H groups in total. The summed E-state index contributed by atoms with van der Waals surface area (Å²) in [7, 11) is 0. The van der Waals surface area contributed by atoms with E-state index in [0.29, 0.717) is 11.5 Å². The van der Waals surface area contributed by atoms with Crippen molar-refractivity contribution in [3.63, 3.8) is 0 Å². The van der Waals surface area contributed by atoms with Crippen LogP contribution in [0.5, 0.6) is 0 Å². The summed E-state index contributed by atoms with van der Waals surface area (Å²) in [6.45, 7) is 2.04. The number of hydrogen-bond donors (Lipinski definition) is 2. The number of hydrazone groups is 1. The second-order valence-corrected chi connectivity index (χ2v) is 9.30. The Bertz CT molecular complexity index is 1510. The number of H-pyrrole nitrogens is 1. The number of fused-ring (bicyclic) bond motifs is 2. The lowest BCUT2D eigenvalue weighted by Gasteiger charge is -2.10. The lowest BCUT2D eigenvalue weighted by molar-refractivity contribution is 1.02. The van der Waals surface area contributed by atoms with E-state index in [1.807, 2.05) is 79.9 Å². The van der Waals surface area contributed by atoms with E-state index >= 15 is 0 Å². The molecular weight excluding hydrogens is 542 g/mol. The number of nitrogens with zero attached hydrogens (tertiary/aromatic N) is 3. The number of amidine groups is 1. The molecule has 0 bridgehead atoms. The predicted octanol–water partition coefficient (Wildman–Crippen LogP) is 7.25. The van der Waals surface area contributed by atoms with Gasteiger partial charge >= 0.3 is 0 Å². The molecule has 5 aromatic rings. The second kappa shape index (κ2) is 9.29. The van der Waals surface area contributed by atoms with E-state index in [4.69, 9.17) is 9.98 Å². The van der Waals surface area contributed by atoms with Gasteiger partial charge in [0.2, 0.25) is 0 Å². The van der Waals surface area contributed by atoms with Gasteiger partial charge in [0.1, 0.15) is 5.69 Å². The van der Waals surface area contributed by atoms with Crippen molar-refractivity contribution in [3.05, 3.63) is 105 Å². The van der Waals surface area contributed by atoms with Crippen LogP contribution >= 0.6 is 31.9 Å². The van der Waals surface area contributed by atoms with Crippen molar-refractivity contribution in [1.29, 1.82) is 0 Å². The first kappa shape index (κ1) is 21.6. The first-order valence-electron chi connectivity index (χ1n) is 10.3. The molecule has 0 amide bonds. The zero-order valence-corrected chi connectivity index (χ0v) is 20.9. The van der Waals surface area contributed by atoms with E-state index in [0.717, 1.165) is 47.6 Å². The topological polar surface area (TPSA) is 65.4 Å². The summed E-state index contributed by atoms with van der Waals surface area (Å²) in [5.41, 5.74) is 8.66. The van der Waals surface area contributed by atoms with Crippen molar-refractivity contribution in [3.8, 4) is 0 Å². The normalized spacial score (nSPS) is 12.2. The molecule has 0 aliphatic heterocycles. The number of hydrogen-bond acceptors (Lipinski definition) is 3. The number of rotatable bonds is 4. The van der Waals surface area contributed by atoms with Crippen molar-refractivity contribution >= 4 is 71.4 Å². The average molecular weight is 561 g/mol. The average Bonchev–Trinajstić information content (AvgIpc) is 3.23. The maximum atomic E-state index is 4.88. The highest BCUT2D eigenvalue weighted by Gasteiger charge is 2.11. The molecule has 2 heterocycles. The van der Waals surface area contributed by atoms with Crippen LogP contribution in [0.3, 0.4) is 0 Å². The lowest BCUT2D eigenvalue weighted by Crippen LogP contribution is -2.20. The van der Waals surface area contributed by atoms with Crippen LogP contribution in [-0.4, -0.2) is 22.0 Å². The molecule has 0 aliphatic carbocycles. The highest BCUT2D eigenvalue weighted by Crippen LogP contribution is 2.35. The van der Waals surface area contributed by atoms with Crippen molar-refractivity contribution in [1.82, 2.24) is 15.4 Å². The Morgan fingerprint density at radius 3 is 2.58 bits per heavy atom. The summed E-state index contributed by atoms with van der Waals surface area (Å²) in [5, 5.41) is 6.67. The minimum atomic E-state index is 0.544. The Labute approximate surface area is 207 Å². The molecule has 0 saturated carbocycles. The van der Waals surface area contributed by atoms with Crippen LogP contribution in [0.4, 0.5) is 5.69 Å². The van der Waals surface area contributed by atoms with Crippen LogP contribution in [0, 0.1) is 6.92 Å². The zero-order chi connectivity index (χ0) is 22.8. The lowest BCUT2D eigenvalue weighted by atomic mass is 10.2. The van der Waals surface area contributed by atoms with Gasteiger partial charge in [-0.15, -0.1) is 0 Å². The molecule has 5 rings (SSSR count). The summed E-state index contributed by atoms with van der Waals surface area (Å²) < 4.78 is 1.77. The van der Waals surface area contributed by atoms with Gasteiger partial charge in [0.15, 0.2) is 5.84 Å². The van der Waals surface area contributed by atoms with Gasteiger partial charge in [-0.2, -0.15) is 5.10 Å². The highest BCUT2D eigenvalue weighted by atomic mass is 79.9. The fraction of sp³-hybridized carbons (Fsp3) is 0.0385. The Kier molecular flexibility index (Phi) is 6.07. The number of nitrogens with one attached hydrogen (secondary N) is 2. The predicted molar refractivity (Wildman–Crippen MR) is 144 cm³/mol. The Morgan fingerprint density at radius 1 is 0.970 bits per heavy atom. The highest BCUT2D eigenvalue weighted by molar-refractivity contribution is 9.11. The largest absolute Gasteiger partial charge is 0.361 e. The van der Waals surface area contributed by atoms with Gasteiger partial charge in [-0.1, -0.05) is 42.5 Å². The van der Waals surface area contributed by atoms with Crippen LogP contribution in [0.2, 0.25) is 0 Å². The fourth-order valence-electron chi connectivity index (χ4n) is 3.61. The first-order chi connectivity index (χ1) is 16.1. The smallest absolute Gasteiger partial charge is 0.173 e. The van der Waals surface area contributed by atoms with E-state index in [2.05, 4.69) is 53.4 Å². The van der Waals surface area contributed by atoms with Gasteiger partial charge in [0.05, 0.1) is 17.4 Å². The third-order valence-corrected chi connectivity index (χ3v) is 6.43. The van der Waals surface area contributed by atoms with E-state index < -0.39 is 0 Å². The van der Waals surface area contributed by atoms with Crippen LogP contribution in [0.25, 0.3) is 21.8 Å². The van der Waals surface area contributed by atoms with Gasteiger partial charge in [-0.25, -0.2) is 9.98 Å². The SMILES string of the molecule is Cc1cc(Br)c(N=C(N/N=C/c2c[nH]c3ccccc23)c2ccc3ccccc3n2)c(Br)c1. The number of para-hydroxylation sites is 2. The molecule has 0 saturated heterocycles. The van der Waals surface area contributed by atoms with Gasteiger partial charge in [-0.05, 0) is 74.7 Å². The number of aromatic amines is 1. The molecule has 7 heteroatoms. The van der Waals surface area contributed by atoms with Crippen LogP contribution in [-0.2, 0) is 0 Å². The number of aromatic nitrogens is 2. The van der Waals surface area contributed by atoms with E-state index in [1.165, 1.54) is 0 Å². The molecule has 0 atom stereocenters. The third-order valence-electron chi connectivity index (χ3n) is 5.22. The van der Waals surface area contributed by atoms with Crippen molar-refractivity contribution in [2.75, 3.05) is 0 Å². The number of aliphatic imine (C=N–C) groups is 1. The van der Waals surface area contributed by atoms with Crippen molar-refractivity contribution < 1.29 is 0 Å². The van der Waals surface area contributed by atoms with Crippen LogP contribution < -0.4 is 5.43 Å². The molecule has 0 radical (unpaired) electrons. The monoisotopic (exact) mass is 559 g/mol. The number of benzene rings is 3. The standard InChI is InChI=1S/C26H19Br2N5/c1-16-12-20(27)25(21(28)13-16)32-26(24-11-10-17-6-2-4-8-22(17)31-24)33-30-15-18-14-29-23-9-5-3-7-19(18)23/h2-15,29H,1H3,(H,32,33)/b30-15+. The maximum absolute atomic E-state index is 4.88. The van der Waals surface area contributed by atoms with Crippen LogP contribution in [0.1, 0.15) is 16.8 Å².